The topological polar surface area (TPSA) is 74.0 Å². The van der Waals surface area contributed by atoms with E-state index in [4.69, 9.17) is 9.98 Å². The Morgan fingerprint density at radius 2 is 2.00 bits per heavy atom. The van der Waals surface area contributed by atoms with Gasteiger partial charge in [0.2, 0.25) is 5.91 Å². The highest BCUT2D eigenvalue weighted by atomic mass is 16.2. The van der Waals surface area contributed by atoms with Crippen molar-refractivity contribution in [2.24, 2.45) is 10.9 Å². The summed E-state index contributed by atoms with van der Waals surface area (Å²) in [6, 6.07) is 14.5. The highest BCUT2D eigenvalue weighted by Gasteiger charge is 2.29. The summed E-state index contributed by atoms with van der Waals surface area (Å²) in [5.74, 6) is 1.31. The van der Waals surface area contributed by atoms with Crippen molar-refractivity contribution in [1.82, 2.24) is 24.9 Å². The molecule has 1 aliphatic heterocycles. The third-order valence-corrected chi connectivity index (χ3v) is 6.06. The van der Waals surface area contributed by atoms with Crippen molar-refractivity contribution >= 4 is 17.5 Å². The third kappa shape index (κ3) is 6.12. The predicted octanol–water partition coefficient (Wildman–Crippen LogP) is 2.83. The monoisotopic (exact) mass is 446 g/mol. The largest absolute Gasteiger partial charge is 0.357 e. The zero-order valence-electron chi connectivity index (χ0n) is 19.6. The molecule has 0 spiro atoms. The van der Waals surface area contributed by atoms with Crippen LogP contribution in [0.25, 0.3) is 5.65 Å². The van der Waals surface area contributed by atoms with Gasteiger partial charge in [0.1, 0.15) is 5.65 Å². The number of likely N-dealkylation sites (tertiary alicyclic amines) is 1. The van der Waals surface area contributed by atoms with Crippen molar-refractivity contribution < 1.29 is 4.79 Å². The molecule has 1 fully saturated rings. The van der Waals surface area contributed by atoms with Crippen molar-refractivity contribution in [2.45, 2.75) is 33.1 Å². The fourth-order valence-corrected chi connectivity index (χ4v) is 4.30. The SMILES string of the molecule is CCNC(=NCC1CC(=O)N(CCc2ccccc2)C1)NCCc1cn2cccc(C)c2n1. The minimum atomic E-state index is 0.242. The molecule has 4 rings (SSSR count). The van der Waals surface area contributed by atoms with Crippen LogP contribution in [-0.2, 0) is 17.6 Å². The molecule has 0 saturated carbocycles. The van der Waals surface area contributed by atoms with Crippen LogP contribution in [0.3, 0.4) is 0 Å². The lowest BCUT2D eigenvalue weighted by molar-refractivity contribution is -0.127. The highest BCUT2D eigenvalue weighted by molar-refractivity contribution is 5.80. The van der Waals surface area contributed by atoms with Crippen LogP contribution >= 0.6 is 0 Å². The standard InChI is InChI=1S/C26H34N6O/c1-3-27-26(28-13-11-23-19-32-14-7-8-20(2)25(32)30-23)29-17-22-16-24(33)31(18-22)15-12-21-9-5-4-6-10-21/h4-10,14,19,22H,3,11-13,15-18H2,1-2H3,(H2,27,28,29). The summed E-state index contributed by atoms with van der Waals surface area (Å²) in [5, 5.41) is 6.72. The van der Waals surface area contributed by atoms with Crippen molar-refractivity contribution in [2.75, 3.05) is 32.7 Å². The molecule has 1 aromatic carbocycles. The Morgan fingerprint density at radius 1 is 1.15 bits per heavy atom. The Bertz CT molecular complexity index is 1090. The van der Waals surface area contributed by atoms with Crippen LogP contribution in [0.2, 0.25) is 0 Å². The number of aromatic nitrogens is 2. The first-order valence-corrected chi connectivity index (χ1v) is 11.9. The summed E-state index contributed by atoms with van der Waals surface area (Å²) in [6.45, 7) is 7.91. The number of imidazole rings is 1. The Kier molecular flexibility index (Phi) is 7.60. The summed E-state index contributed by atoms with van der Waals surface area (Å²) in [7, 11) is 0. The minimum absolute atomic E-state index is 0.242. The molecule has 1 amide bonds. The van der Waals surface area contributed by atoms with E-state index in [-0.39, 0.29) is 11.8 Å². The second kappa shape index (κ2) is 11.0. The number of aliphatic imine (C=N–C) groups is 1. The van der Waals surface area contributed by atoms with Gasteiger partial charge in [-0.2, -0.15) is 0 Å². The number of nitrogens with one attached hydrogen (secondary N) is 2. The molecule has 7 heteroatoms. The van der Waals surface area contributed by atoms with E-state index in [0.717, 1.165) is 56.3 Å². The van der Waals surface area contributed by atoms with E-state index >= 15 is 0 Å². The van der Waals surface area contributed by atoms with Crippen LogP contribution in [0.15, 0.2) is 59.9 Å². The minimum Gasteiger partial charge on any atom is -0.357 e. The molecule has 1 saturated heterocycles. The molecule has 174 valence electrons. The Balaban J connectivity index is 1.26. The lowest BCUT2D eigenvalue weighted by Gasteiger charge is -2.16. The number of guanidine groups is 1. The molecule has 0 radical (unpaired) electrons. The summed E-state index contributed by atoms with van der Waals surface area (Å²) in [6.07, 6.45) is 6.42. The van der Waals surface area contributed by atoms with E-state index in [1.54, 1.807) is 0 Å². The van der Waals surface area contributed by atoms with Crippen LogP contribution in [0.1, 0.15) is 30.2 Å². The van der Waals surface area contributed by atoms with Crippen molar-refractivity contribution in [3.05, 3.63) is 71.7 Å². The van der Waals surface area contributed by atoms with Gasteiger partial charge < -0.3 is 19.9 Å². The Labute approximate surface area is 195 Å². The number of benzene rings is 1. The average Bonchev–Trinajstić information content (AvgIpc) is 3.40. The summed E-state index contributed by atoms with van der Waals surface area (Å²) >= 11 is 0. The molecule has 0 bridgehead atoms. The molecular weight excluding hydrogens is 412 g/mol. The molecule has 33 heavy (non-hydrogen) atoms. The summed E-state index contributed by atoms with van der Waals surface area (Å²) in [4.78, 5) is 23.9. The Morgan fingerprint density at radius 3 is 2.79 bits per heavy atom. The lowest BCUT2D eigenvalue weighted by atomic mass is 10.1. The van der Waals surface area contributed by atoms with Crippen molar-refractivity contribution in [3.63, 3.8) is 0 Å². The van der Waals surface area contributed by atoms with Gasteiger partial charge in [0.15, 0.2) is 5.96 Å². The average molecular weight is 447 g/mol. The number of aryl methyl sites for hydroxylation is 1. The van der Waals surface area contributed by atoms with Gasteiger partial charge in [-0.25, -0.2) is 4.98 Å². The fraction of sp³-hybridized carbons (Fsp3) is 0.423. The van der Waals surface area contributed by atoms with Gasteiger partial charge in [-0.1, -0.05) is 36.4 Å². The number of hydrogen-bond donors (Lipinski definition) is 2. The highest BCUT2D eigenvalue weighted by Crippen LogP contribution is 2.18. The van der Waals surface area contributed by atoms with Crippen LogP contribution in [-0.4, -0.2) is 58.9 Å². The van der Waals surface area contributed by atoms with E-state index in [0.29, 0.717) is 13.0 Å². The number of fused-ring (bicyclic) bond motifs is 1. The third-order valence-electron chi connectivity index (χ3n) is 6.06. The number of amides is 1. The molecule has 3 heterocycles. The maximum atomic E-state index is 12.4. The summed E-state index contributed by atoms with van der Waals surface area (Å²) < 4.78 is 2.07. The van der Waals surface area contributed by atoms with Gasteiger partial charge in [-0.05, 0) is 37.5 Å². The van der Waals surface area contributed by atoms with Crippen LogP contribution in [0, 0.1) is 12.8 Å². The van der Waals surface area contributed by atoms with Crippen LogP contribution in [0.4, 0.5) is 0 Å². The number of carbonyl (C=O) groups is 1. The zero-order chi connectivity index (χ0) is 23.0. The molecule has 2 N–H and O–H groups in total. The van der Waals surface area contributed by atoms with Gasteiger partial charge in [0.25, 0.3) is 0 Å². The smallest absolute Gasteiger partial charge is 0.223 e. The molecule has 1 aliphatic rings. The van der Waals surface area contributed by atoms with E-state index in [2.05, 4.69) is 53.3 Å². The van der Waals surface area contributed by atoms with E-state index < -0.39 is 0 Å². The molecule has 1 atom stereocenters. The number of pyridine rings is 1. The first-order chi connectivity index (χ1) is 16.1. The molecule has 2 aromatic heterocycles. The fourth-order valence-electron chi connectivity index (χ4n) is 4.30. The number of nitrogens with zero attached hydrogens (tertiary/aromatic N) is 4. The quantitative estimate of drug-likeness (QED) is 0.392. The lowest BCUT2D eigenvalue weighted by Crippen LogP contribution is -2.38. The summed E-state index contributed by atoms with van der Waals surface area (Å²) in [5.41, 5.74) is 4.51. The zero-order valence-corrected chi connectivity index (χ0v) is 19.6. The molecular formula is C26H34N6O. The number of carbonyl (C=O) groups excluding carboxylic acids is 1. The van der Waals surface area contributed by atoms with Gasteiger partial charge in [0.05, 0.1) is 5.69 Å². The number of hydrogen-bond acceptors (Lipinski definition) is 3. The van der Waals surface area contributed by atoms with E-state index in [1.165, 1.54) is 11.1 Å². The second-order valence-corrected chi connectivity index (χ2v) is 8.70. The predicted molar refractivity (Wildman–Crippen MR) is 132 cm³/mol. The second-order valence-electron chi connectivity index (χ2n) is 8.70. The van der Waals surface area contributed by atoms with Gasteiger partial charge in [0, 0.05) is 63.9 Å². The van der Waals surface area contributed by atoms with Crippen molar-refractivity contribution in [3.8, 4) is 0 Å². The van der Waals surface area contributed by atoms with Crippen LogP contribution < -0.4 is 10.6 Å². The van der Waals surface area contributed by atoms with Gasteiger partial charge >= 0.3 is 0 Å². The molecule has 1 unspecified atom stereocenters. The molecule has 0 aliphatic carbocycles. The first kappa shape index (κ1) is 22.8. The van der Waals surface area contributed by atoms with Gasteiger partial charge in [-0.15, -0.1) is 0 Å². The maximum absolute atomic E-state index is 12.4. The van der Waals surface area contributed by atoms with Crippen molar-refractivity contribution in [1.29, 1.82) is 0 Å². The van der Waals surface area contributed by atoms with Crippen LogP contribution in [0.5, 0.6) is 0 Å². The maximum Gasteiger partial charge on any atom is 0.223 e. The number of rotatable bonds is 9. The molecule has 7 nitrogen and oxygen atoms in total. The van der Waals surface area contributed by atoms with Gasteiger partial charge in [-0.3, -0.25) is 9.79 Å². The normalized spacial score (nSPS) is 16.5. The Hall–Kier alpha value is -3.35. The first-order valence-electron chi connectivity index (χ1n) is 11.9. The molecule has 3 aromatic rings. The van der Waals surface area contributed by atoms with E-state index in [1.807, 2.05) is 35.4 Å². The van der Waals surface area contributed by atoms with E-state index in [9.17, 15) is 4.79 Å².